The fourth-order valence-electron chi connectivity index (χ4n) is 4.44. The molecule has 0 aliphatic heterocycles. The summed E-state index contributed by atoms with van der Waals surface area (Å²) in [7, 11) is 0.163. The van der Waals surface area contributed by atoms with E-state index in [9.17, 15) is 18.0 Å². The first kappa shape index (κ1) is 30.6. The Kier molecular flexibility index (Phi) is 10.6. The summed E-state index contributed by atoms with van der Waals surface area (Å²) in [5.41, 5.74) is 4.15. The quantitative estimate of drug-likeness (QED) is 0.221. The molecule has 2 N–H and O–H groups in total. The van der Waals surface area contributed by atoms with E-state index in [1.165, 1.54) is 17.7 Å². The van der Waals surface area contributed by atoms with Crippen molar-refractivity contribution in [2.24, 2.45) is 0 Å². The number of rotatable bonds is 13. The van der Waals surface area contributed by atoms with Gasteiger partial charge in [0.05, 0.1) is 17.5 Å². The van der Waals surface area contributed by atoms with Crippen LogP contribution in [-0.4, -0.2) is 51.7 Å². The molecule has 0 aliphatic carbocycles. The Bertz CT molecular complexity index is 1620. The minimum atomic E-state index is -3.89. The Morgan fingerprint density at radius 1 is 0.762 bits per heavy atom. The van der Waals surface area contributed by atoms with E-state index in [1.54, 1.807) is 30.3 Å². The number of ketones is 1. The first-order chi connectivity index (χ1) is 20.2. The predicted octanol–water partition coefficient (Wildman–Crippen LogP) is 4.81. The number of Topliss-reactive ketones (excluding diaryl/α,β-unsaturated/α-hetero) is 1. The molecule has 1 atom stereocenters. The van der Waals surface area contributed by atoms with Gasteiger partial charge in [-0.1, -0.05) is 103 Å². The van der Waals surface area contributed by atoms with Gasteiger partial charge >= 0.3 is 0 Å². The second-order valence-electron chi connectivity index (χ2n) is 10.2. The van der Waals surface area contributed by atoms with Gasteiger partial charge in [-0.15, -0.1) is 0 Å². The van der Waals surface area contributed by atoms with E-state index in [4.69, 9.17) is 0 Å². The van der Waals surface area contributed by atoms with Gasteiger partial charge < -0.3 is 10.2 Å². The number of hydrogen-bond donors (Lipinski definition) is 2. The van der Waals surface area contributed by atoms with Crippen LogP contribution in [0, 0.1) is 0 Å². The summed E-state index contributed by atoms with van der Waals surface area (Å²) in [6.45, 7) is 0.393. The zero-order chi connectivity index (χ0) is 30.0. The SMILES string of the molecule is CN(C)Cc1ccc(C=Cc2ccccc2C(=O)N[C@@H](Cc2ccccc2)C(=O)CNS(=O)(=O)c2ccccc2)cc1. The molecule has 4 aromatic carbocycles. The molecule has 216 valence electrons. The van der Waals surface area contributed by atoms with Crippen LogP contribution in [0.15, 0.2) is 114 Å². The maximum Gasteiger partial charge on any atom is 0.252 e. The Morgan fingerprint density at radius 3 is 2.05 bits per heavy atom. The number of benzene rings is 4. The van der Waals surface area contributed by atoms with Crippen LogP contribution in [0.25, 0.3) is 12.2 Å². The lowest BCUT2D eigenvalue weighted by Gasteiger charge is -2.19. The molecule has 7 nitrogen and oxygen atoms in total. The third kappa shape index (κ3) is 8.81. The van der Waals surface area contributed by atoms with Crippen molar-refractivity contribution in [3.8, 4) is 0 Å². The summed E-state index contributed by atoms with van der Waals surface area (Å²) < 4.78 is 27.8. The predicted molar refractivity (Wildman–Crippen MR) is 167 cm³/mol. The molecule has 1 amide bonds. The first-order valence-corrected chi connectivity index (χ1v) is 15.1. The van der Waals surface area contributed by atoms with Gasteiger partial charge in [0.15, 0.2) is 5.78 Å². The number of nitrogens with zero attached hydrogens (tertiary/aromatic N) is 1. The number of amides is 1. The van der Waals surface area contributed by atoms with Gasteiger partial charge in [0.1, 0.15) is 0 Å². The highest BCUT2D eigenvalue weighted by Gasteiger charge is 2.24. The minimum absolute atomic E-state index is 0.0644. The maximum atomic E-state index is 13.5. The van der Waals surface area contributed by atoms with Gasteiger partial charge in [0, 0.05) is 12.1 Å². The summed E-state index contributed by atoms with van der Waals surface area (Å²) in [5.74, 6) is -0.866. The highest BCUT2D eigenvalue weighted by atomic mass is 32.2. The summed E-state index contributed by atoms with van der Waals surface area (Å²) in [6.07, 6.45) is 4.03. The molecule has 4 rings (SSSR count). The van der Waals surface area contributed by atoms with Gasteiger partial charge in [-0.05, 0) is 61.0 Å². The molecular weight excluding hydrogens is 546 g/mol. The van der Waals surface area contributed by atoms with Crippen molar-refractivity contribution in [2.75, 3.05) is 20.6 Å². The minimum Gasteiger partial charge on any atom is -0.342 e. The average molecular weight is 582 g/mol. The van der Waals surface area contributed by atoms with Crippen LogP contribution < -0.4 is 10.0 Å². The van der Waals surface area contributed by atoms with E-state index in [0.717, 1.165) is 17.7 Å². The lowest BCUT2D eigenvalue weighted by Crippen LogP contribution is -2.46. The van der Waals surface area contributed by atoms with Crippen LogP contribution in [-0.2, 0) is 27.8 Å². The van der Waals surface area contributed by atoms with Crippen LogP contribution in [0.5, 0.6) is 0 Å². The normalized spacial score (nSPS) is 12.4. The molecule has 0 heterocycles. The van der Waals surface area contributed by atoms with Crippen molar-refractivity contribution in [3.63, 3.8) is 0 Å². The van der Waals surface area contributed by atoms with E-state index in [0.29, 0.717) is 11.1 Å². The summed E-state index contributed by atoms with van der Waals surface area (Å²) in [5, 5.41) is 2.86. The van der Waals surface area contributed by atoms with Crippen molar-refractivity contribution in [2.45, 2.75) is 23.9 Å². The molecule has 42 heavy (non-hydrogen) atoms. The molecule has 0 aliphatic rings. The van der Waals surface area contributed by atoms with E-state index >= 15 is 0 Å². The number of carbonyl (C=O) groups is 2. The van der Waals surface area contributed by atoms with Gasteiger partial charge in [0.2, 0.25) is 10.0 Å². The highest BCUT2D eigenvalue weighted by Crippen LogP contribution is 2.16. The monoisotopic (exact) mass is 581 g/mol. The molecule has 0 fully saturated rings. The third-order valence-electron chi connectivity index (χ3n) is 6.61. The van der Waals surface area contributed by atoms with E-state index in [2.05, 4.69) is 27.1 Å². The molecule has 8 heteroatoms. The standard InChI is InChI=1S/C34H35N3O4S/c1-37(2)25-28-19-17-26(18-20-28)21-22-29-13-9-10-16-31(29)34(39)36-32(23-27-11-5-3-6-12-27)33(38)24-35-42(40,41)30-14-7-4-8-15-30/h3-22,32,35H,23-25H2,1-2H3,(H,36,39)/t32-/m0/s1. The average Bonchev–Trinajstić information content (AvgIpc) is 3.00. The first-order valence-electron chi connectivity index (χ1n) is 13.6. The van der Waals surface area contributed by atoms with Gasteiger partial charge in [-0.3, -0.25) is 9.59 Å². The van der Waals surface area contributed by atoms with Crippen molar-refractivity contribution < 1.29 is 18.0 Å². The lowest BCUT2D eigenvalue weighted by molar-refractivity contribution is -0.119. The van der Waals surface area contributed by atoms with Crippen molar-refractivity contribution in [1.29, 1.82) is 0 Å². The molecule has 4 aromatic rings. The van der Waals surface area contributed by atoms with Crippen LogP contribution in [0.4, 0.5) is 0 Å². The molecular formula is C34H35N3O4S. The van der Waals surface area contributed by atoms with Crippen molar-refractivity contribution in [1.82, 2.24) is 14.9 Å². The van der Waals surface area contributed by atoms with E-state index in [1.807, 2.05) is 80.8 Å². The highest BCUT2D eigenvalue weighted by molar-refractivity contribution is 7.89. The van der Waals surface area contributed by atoms with Gasteiger partial charge in [-0.25, -0.2) is 13.1 Å². The fraction of sp³-hybridized carbons (Fsp3) is 0.176. The summed E-state index contributed by atoms with van der Waals surface area (Å²) >= 11 is 0. The molecule has 0 spiro atoms. The zero-order valence-electron chi connectivity index (χ0n) is 23.7. The second-order valence-corrected chi connectivity index (χ2v) is 12.0. The molecule has 0 aromatic heterocycles. The smallest absolute Gasteiger partial charge is 0.252 e. The summed E-state index contributed by atoms with van der Waals surface area (Å²) in [4.78, 5) is 29.0. The Hall–Kier alpha value is -4.37. The number of hydrogen-bond acceptors (Lipinski definition) is 5. The maximum absolute atomic E-state index is 13.5. The number of carbonyl (C=O) groups excluding carboxylic acids is 2. The molecule has 0 saturated carbocycles. The number of sulfonamides is 1. The second kappa shape index (κ2) is 14.5. The zero-order valence-corrected chi connectivity index (χ0v) is 24.6. The Labute approximate surface area is 248 Å². The van der Waals surface area contributed by atoms with Gasteiger partial charge in [-0.2, -0.15) is 0 Å². The Balaban J connectivity index is 1.51. The summed E-state index contributed by atoms with van der Waals surface area (Å²) in [6, 6.07) is 31.6. The molecule has 0 unspecified atom stereocenters. The Morgan fingerprint density at radius 2 is 1.38 bits per heavy atom. The third-order valence-corrected chi connectivity index (χ3v) is 8.02. The van der Waals surface area contributed by atoms with E-state index in [-0.39, 0.29) is 11.3 Å². The molecule has 0 radical (unpaired) electrons. The topological polar surface area (TPSA) is 95.6 Å². The van der Waals surface area contributed by atoms with Crippen LogP contribution in [0.1, 0.15) is 32.6 Å². The fourth-order valence-corrected chi connectivity index (χ4v) is 5.45. The van der Waals surface area contributed by atoms with Gasteiger partial charge in [0.25, 0.3) is 5.91 Å². The largest absolute Gasteiger partial charge is 0.342 e. The lowest BCUT2D eigenvalue weighted by atomic mass is 10.0. The molecule has 0 saturated heterocycles. The van der Waals surface area contributed by atoms with Crippen LogP contribution >= 0.6 is 0 Å². The van der Waals surface area contributed by atoms with Crippen LogP contribution in [0.3, 0.4) is 0 Å². The van der Waals surface area contributed by atoms with Crippen molar-refractivity contribution in [3.05, 3.63) is 137 Å². The molecule has 0 bridgehead atoms. The number of nitrogens with one attached hydrogen (secondary N) is 2. The van der Waals surface area contributed by atoms with Crippen molar-refractivity contribution >= 4 is 33.9 Å². The van der Waals surface area contributed by atoms with Crippen LogP contribution in [0.2, 0.25) is 0 Å². The van der Waals surface area contributed by atoms with E-state index < -0.39 is 34.3 Å².